The number of carbonyl (C=O) groups excluding carboxylic acids is 4. The summed E-state index contributed by atoms with van der Waals surface area (Å²) in [5.41, 5.74) is 3.72. The second kappa shape index (κ2) is 17.3. The number of thiophene rings is 1. The molecule has 0 aliphatic carbocycles. The molecule has 2 aliphatic rings. The second-order valence-corrected chi connectivity index (χ2v) is 13.7. The average molecular weight is 731 g/mol. The molecule has 270 valence electrons. The predicted molar refractivity (Wildman–Crippen MR) is 200 cm³/mol. The van der Waals surface area contributed by atoms with Crippen LogP contribution in [0.4, 0.5) is 0 Å². The summed E-state index contributed by atoms with van der Waals surface area (Å²) in [5, 5.41) is 22.9. The maximum absolute atomic E-state index is 14.3. The van der Waals surface area contributed by atoms with E-state index in [1.54, 1.807) is 54.6 Å². The van der Waals surface area contributed by atoms with Gasteiger partial charge in [-0.3, -0.25) is 19.2 Å². The van der Waals surface area contributed by atoms with Crippen molar-refractivity contribution in [2.75, 3.05) is 6.61 Å². The third-order valence-electron chi connectivity index (χ3n) is 8.80. The van der Waals surface area contributed by atoms with E-state index in [1.165, 1.54) is 11.3 Å². The Hall–Kier alpha value is -6.27. The fourth-order valence-corrected chi connectivity index (χ4v) is 6.76. The number of benzene rings is 4. The van der Waals surface area contributed by atoms with E-state index in [-0.39, 0.29) is 19.3 Å². The topological polar surface area (TPSA) is 163 Å². The fraction of sp³-hybridized carbons (Fsp3) is 0.195. The summed E-state index contributed by atoms with van der Waals surface area (Å²) in [6.07, 6.45) is 0.152. The highest BCUT2D eigenvalue weighted by Gasteiger charge is 2.33. The number of carbonyl (C=O) groups is 5. The lowest BCUT2D eigenvalue weighted by Crippen LogP contribution is -2.57. The van der Waals surface area contributed by atoms with E-state index in [0.717, 1.165) is 21.6 Å². The molecule has 4 aromatic carbocycles. The first kappa shape index (κ1) is 36.5. The first-order chi connectivity index (χ1) is 25.7. The number of ether oxygens (including phenoxy) is 1. The summed E-state index contributed by atoms with van der Waals surface area (Å²) in [6, 6.07) is 31.1. The molecule has 4 atom stereocenters. The highest BCUT2D eigenvalue weighted by atomic mass is 32.1. The molecule has 2 bridgehead atoms. The van der Waals surface area contributed by atoms with Crippen molar-refractivity contribution in [3.63, 3.8) is 0 Å². The van der Waals surface area contributed by atoms with Crippen molar-refractivity contribution >= 4 is 40.9 Å². The van der Waals surface area contributed by atoms with E-state index >= 15 is 0 Å². The average Bonchev–Trinajstić information content (AvgIpc) is 3.69. The Kier molecular flexibility index (Phi) is 11.9. The largest absolute Gasteiger partial charge is 0.484 e. The second-order valence-electron chi connectivity index (χ2n) is 12.6. The van der Waals surface area contributed by atoms with Gasteiger partial charge in [-0.15, -0.1) is 11.3 Å². The van der Waals surface area contributed by atoms with Crippen molar-refractivity contribution in [1.29, 1.82) is 0 Å². The Morgan fingerprint density at radius 2 is 1.30 bits per heavy atom. The lowest BCUT2D eigenvalue weighted by atomic mass is 9.99. The zero-order chi connectivity index (χ0) is 37.2. The molecule has 0 fully saturated rings. The molecule has 0 saturated carbocycles. The lowest BCUT2D eigenvalue weighted by Gasteiger charge is -2.26. The molecular formula is C41H38N4O7S. The van der Waals surface area contributed by atoms with Gasteiger partial charge in [0, 0.05) is 24.1 Å². The molecule has 7 rings (SSSR count). The molecule has 5 aromatic rings. The van der Waals surface area contributed by atoms with Crippen molar-refractivity contribution < 1.29 is 33.8 Å². The molecular weight excluding hydrogens is 693 g/mol. The van der Waals surface area contributed by atoms with Gasteiger partial charge >= 0.3 is 5.97 Å². The third-order valence-corrected chi connectivity index (χ3v) is 9.70. The Balaban J connectivity index is 1.35. The maximum atomic E-state index is 14.3. The van der Waals surface area contributed by atoms with Gasteiger partial charge in [-0.05, 0) is 51.4 Å². The minimum atomic E-state index is -1.33. The minimum Gasteiger partial charge on any atom is -0.484 e. The maximum Gasteiger partial charge on any atom is 0.326 e. The molecule has 11 nitrogen and oxygen atoms in total. The van der Waals surface area contributed by atoms with Crippen LogP contribution in [0.1, 0.15) is 27.6 Å². The van der Waals surface area contributed by atoms with Crippen LogP contribution in [-0.2, 0) is 43.2 Å². The third kappa shape index (κ3) is 9.95. The van der Waals surface area contributed by atoms with Gasteiger partial charge in [0.1, 0.15) is 29.9 Å². The van der Waals surface area contributed by atoms with Crippen LogP contribution in [0, 0.1) is 0 Å². The Labute approximate surface area is 310 Å². The molecule has 4 amide bonds. The van der Waals surface area contributed by atoms with E-state index in [2.05, 4.69) is 21.3 Å². The van der Waals surface area contributed by atoms with Crippen LogP contribution in [0.2, 0.25) is 0 Å². The van der Waals surface area contributed by atoms with E-state index in [0.29, 0.717) is 16.9 Å². The van der Waals surface area contributed by atoms with E-state index in [1.807, 2.05) is 72.1 Å². The van der Waals surface area contributed by atoms with Crippen molar-refractivity contribution in [3.05, 3.63) is 148 Å². The predicted octanol–water partition coefficient (Wildman–Crippen LogP) is 4.23. The van der Waals surface area contributed by atoms with E-state index in [4.69, 9.17) is 4.74 Å². The number of carboxylic acid groups (broad SMARTS) is 1. The molecule has 53 heavy (non-hydrogen) atoms. The summed E-state index contributed by atoms with van der Waals surface area (Å²) in [7, 11) is 0. The summed E-state index contributed by atoms with van der Waals surface area (Å²) in [6.45, 7) is -0.391. The molecule has 2 aliphatic heterocycles. The Bertz CT molecular complexity index is 2020. The van der Waals surface area contributed by atoms with Gasteiger partial charge in [-0.2, -0.15) is 0 Å². The van der Waals surface area contributed by atoms with Crippen molar-refractivity contribution in [3.8, 4) is 16.9 Å². The van der Waals surface area contributed by atoms with E-state index < -0.39 is 60.4 Å². The van der Waals surface area contributed by atoms with Crippen LogP contribution in [0.5, 0.6) is 5.75 Å². The number of amides is 4. The van der Waals surface area contributed by atoms with Crippen LogP contribution in [-0.4, -0.2) is 59.4 Å². The summed E-state index contributed by atoms with van der Waals surface area (Å²) >= 11 is 1.43. The lowest BCUT2D eigenvalue weighted by molar-refractivity contribution is -0.142. The molecule has 0 saturated heterocycles. The minimum absolute atomic E-state index is 0.0459. The molecule has 3 heterocycles. The zero-order valence-corrected chi connectivity index (χ0v) is 29.4. The van der Waals surface area contributed by atoms with E-state index in [9.17, 15) is 29.1 Å². The number of carboxylic acids is 1. The summed E-state index contributed by atoms with van der Waals surface area (Å²) < 4.78 is 5.68. The van der Waals surface area contributed by atoms with Crippen molar-refractivity contribution in [1.82, 2.24) is 21.3 Å². The van der Waals surface area contributed by atoms with Gasteiger partial charge in [0.2, 0.25) is 17.7 Å². The first-order valence-electron chi connectivity index (χ1n) is 17.1. The summed E-state index contributed by atoms with van der Waals surface area (Å²) in [4.78, 5) is 68.6. The first-order valence-corrected chi connectivity index (χ1v) is 18.0. The van der Waals surface area contributed by atoms with Gasteiger partial charge in [0.05, 0.1) is 0 Å². The molecule has 0 unspecified atom stereocenters. The quantitative estimate of drug-likeness (QED) is 0.157. The van der Waals surface area contributed by atoms with Gasteiger partial charge in [0.15, 0.2) is 6.61 Å². The smallest absolute Gasteiger partial charge is 0.326 e. The number of hydrogen-bond acceptors (Lipinski definition) is 7. The van der Waals surface area contributed by atoms with Gasteiger partial charge in [0.25, 0.3) is 5.91 Å². The van der Waals surface area contributed by atoms with Gasteiger partial charge in [-0.1, -0.05) is 103 Å². The van der Waals surface area contributed by atoms with Gasteiger partial charge < -0.3 is 31.1 Å². The van der Waals surface area contributed by atoms with Crippen molar-refractivity contribution in [2.24, 2.45) is 0 Å². The highest BCUT2D eigenvalue weighted by molar-refractivity contribution is 7.09. The normalized spacial score (nSPS) is 20.0. The number of nitrogens with one attached hydrogen (secondary N) is 4. The van der Waals surface area contributed by atoms with Crippen LogP contribution in [0.15, 0.2) is 127 Å². The molecule has 12 heteroatoms. The van der Waals surface area contributed by atoms with Gasteiger partial charge in [-0.25, -0.2) is 4.79 Å². The van der Waals surface area contributed by atoms with Crippen LogP contribution < -0.4 is 26.0 Å². The SMILES string of the molecule is O=C1COc2ccc(cc2)C[C@@H](C(=O)O)NC(=O)[C@H](c2ccccc2)NC(=O)[C@H](Cc2ccc(-c3ccccc3)cc2)NC(=O)[C@H](Cc2cccs2)N1. The standard InChI is InChI=1S/C41H38N4O7S/c46-36-25-52-31-19-15-27(16-20-31)23-35(41(50)51)44-40(49)37(30-10-5-2-6-11-30)45-39(48)33(43-38(47)34(42-36)24-32-12-7-21-53-32)22-26-13-17-29(18-14-26)28-8-3-1-4-9-28/h1-21,33-35,37H,22-25H2,(H,42,46)(H,43,47)(H,44,49)(H,45,48)(H,50,51)/t33-,34-,35-,37-/m0/s1. The van der Waals surface area contributed by atoms with Crippen molar-refractivity contribution in [2.45, 2.75) is 43.4 Å². The van der Waals surface area contributed by atoms with Crippen LogP contribution in [0.3, 0.4) is 0 Å². The Morgan fingerprint density at radius 1 is 0.660 bits per heavy atom. The van der Waals surface area contributed by atoms with Crippen LogP contribution >= 0.6 is 11.3 Å². The fourth-order valence-electron chi connectivity index (χ4n) is 6.01. The number of fused-ring (bicyclic) bond motifs is 16. The zero-order valence-electron chi connectivity index (χ0n) is 28.6. The number of hydrogen-bond donors (Lipinski definition) is 5. The van der Waals surface area contributed by atoms with Crippen LogP contribution in [0.25, 0.3) is 11.1 Å². The summed E-state index contributed by atoms with van der Waals surface area (Å²) in [5.74, 6) is -3.49. The highest BCUT2D eigenvalue weighted by Crippen LogP contribution is 2.21. The molecule has 0 spiro atoms. The Morgan fingerprint density at radius 3 is 1.96 bits per heavy atom. The number of rotatable bonds is 7. The molecule has 0 radical (unpaired) electrons. The monoisotopic (exact) mass is 730 g/mol. The molecule has 1 aromatic heterocycles. The number of aliphatic carboxylic acids is 1. The molecule has 5 N–H and O–H groups in total.